The van der Waals surface area contributed by atoms with Gasteiger partial charge in [0.1, 0.15) is 9.69 Å². The van der Waals surface area contributed by atoms with Gasteiger partial charge in [-0.1, -0.05) is 24.0 Å². The van der Waals surface area contributed by atoms with Crippen molar-refractivity contribution in [3.8, 4) is 0 Å². The van der Waals surface area contributed by atoms with Crippen molar-refractivity contribution < 1.29 is 49.4 Å². The standard InChI is InChI=1S/C12H16N2O4S3.Na/c1-5(15)7-9(16)14-8(11(17)18)6(21-10(7)14)4-20-12(19)13(2)3;/h5,7,10,15H,4H2,1-3H3,(H,17,18);/q;+1/p-1/t5-,7+,10-;/m1./s1. The number of amides is 1. The quantitative estimate of drug-likeness (QED) is 0.309. The molecule has 0 radical (unpaired) electrons. The van der Waals surface area contributed by atoms with Crippen LogP contribution in [0.15, 0.2) is 10.6 Å². The molecule has 0 aromatic rings. The first kappa shape index (κ1) is 20.3. The third kappa shape index (κ3) is 3.66. The number of carbonyl (C=O) groups excluding carboxylic acids is 2. The smallest absolute Gasteiger partial charge is 0.543 e. The summed E-state index contributed by atoms with van der Waals surface area (Å²) in [7, 11) is 3.62. The van der Waals surface area contributed by atoms with E-state index in [1.807, 2.05) is 14.1 Å². The monoisotopic (exact) mass is 370 g/mol. The van der Waals surface area contributed by atoms with Crippen LogP contribution < -0.4 is 34.7 Å². The molecule has 1 fully saturated rings. The molecule has 1 saturated heterocycles. The van der Waals surface area contributed by atoms with E-state index in [-0.39, 0.29) is 46.5 Å². The van der Waals surface area contributed by atoms with E-state index in [0.717, 1.165) is 0 Å². The third-order valence-corrected chi connectivity index (χ3v) is 6.57. The number of hydrogen-bond acceptors (Lipinski definition) is 7. The Hall–Kier alpha value is 0.230. The molecule has 1 N–H and O–H groups in total. The zero-order valence-electron chi connectivity index (χ0n) is 12.7. The average molecular weight is 370 g/mol. The summed E-state index contributed by atoms with van der Waals surface area (Å²) >= 11 is 7.78. The van der Waals surface area contributed by atoms with Crippen LogP contribution in [0.25, 0.3) is 0 Å². The maximum Gasteiger partial charge on any atom is 1.00 e. The molecular weight excluding hydrogens is 355 g/mol. The van der Waals surface area contributed by atoms with Gasteiger partial charge in [0.05, 0.1) is 23.7 Å². The van der Waals surface area contributed by atoms with Gasteiger partial charge in [-0.15, -0.1) is 11.8 Å². The van der Waals surface area contributed by atoms with Crippen LogP contribution in [0.4, 0.5) is 0 Å². The predicted octanol–water partition coefficient (Wildman–Crippen LogP) is -3.56. The summed E-state index contributed by atoms with van der Waals surface area (Å²) < 4.78 is 0.633. The topological polar surface area (TPSA) is 83.9 Å². The van der Waals surface area contributed by atoms with Crippen molar-refractivity contribution in [3.63, 3.8) is 0 Å². The molecule has 0 bridgehead atoms. The number of rotatable bonds is 4. The van der Waals surface area contributed by atoms with Crippen molar-refractivity contribution in [1.82, 2.24) is 9.80 Å². The summed E-state index contributed by atoms with van der Waals surface area (Å²) in [6, 6.07) is 0. The summed E-state index contributed by atoms with van der Waals surface area (Å²) in [5, 5.41) is 20.6. The van der Waals surface area contributed by atoms with Crippen molar-refractivity contribution >= 4 is 51.9 Å². The summed E-state index contributed by atoms with van der Waals surface area (Å²) in [5.74, 6) is -1.92. The van der Waals surface area contributed by atoms with Gasteiger partial charge in [0, 0.05) is 24.8 Å². The van der Waals surface area contributed by atoms with Crippen LogP contribution in [0, 0.1) is 5.92 Å². The summed E-state index contributed by atoms with van der Waals surface area (Å²) in [6.07, 6.45) is -0.802. The molecular formula is C12H15N2NaO4S3. The SMILES string of the molecule is C[C@@H](O)[C@H]1C(=O)N2C(C(=O)[O-])=C(CSC(=S)N(C)C)S[C@H]12.[Na+]. The Labute approximate surface area is 165 Å². The van der Waals surface area contributed by atoms with Crippen LogP contribution in [0.5, 0.6) is 0 Å². The van der Waals surface area contributed by atoms with Crippen molar-refractivity contribution in [1.29, 1.82) is 0 Å². The van der Waals surface area contributed by atoms with Gasteiger partial charge in [0.25, 0.3) is 0 Å². The fraction of sp³-hybridized carbons (Fsp3) is 0.583. The van der Waals surface area contributed by atoms with Crippen LogP contribution in [-0.2, 0) is 9.59 Å². The summed E-state index contributed by atoms with van der Waals surface area (Å²) in [6.45, 7) is 1.53. The molecule has 2 heterocycles. The third-order valence-electron chi connectivity index (χ3n) is 3.26. The second-order valence-corrected chi connectivity index (χ2v) is 7.81. The minimum atomic E-state index is -1.37. The zero-order valence-corrected chi connectivity index (χ0v) is 17.2. The fourth-order valence-electron chi connectivity index (χ4n) is 2.20. The van der Waals surface area contributed by atoms with E-state index in [1.54, 1.807) is 4.90 Å². The van der Waals surface area contributed by atoms with E-state index in [0.29, 0.717) is 15.0 Å². The Morgan fingerprint density at radius 1 is 1.59 bits per heavy atom. The molecule has 0 spiro atoms. The molecule has 0 saturated carbocycles. The van der Waals surface area contributed by atoms with E-state index < -0.39 is 18.0 Å². The fourth-order valence-corrected chi connectivity index (χ4v) is 4.87. The van der Waals surface area contributed by atoms with Crippen molar-refractivity contribution in [2.45, 2.75) is 18.4 Å². The molecule has 1 amide bonds. The molecule has 0 aromatic carbocycles. The maximum atomic E-state index is 12.0. The van der Waals surface area contributed by atoms with Crippen molar-refractivity contribution in [2.75, 3.05) is 19.8 Å². The predicted molar refractivity (Wildman–Crippen MR) is 84.2 cm³/mol. The first-order valence-electron chi connectivity index (χ1n) is 6.22. The zero-order chi connectivity index (χ0) is 15.9. The number of aliphatic hydroxyl groups is 1. The number of aliphatic carboxylic acids is 1. The number of fused-ring (bicyclic) bond motifs is 1. The van der Waals surface area contributed by atoms with Crippen LogP contribution in [-0.4, -0.2) is 62.4 Å². The van der Waals surface area contributed by atoms with Gasteiger partial charge < -0.3 is 19.9 Å². The number of carbonyl (C=O) groups is 2. The Morgan fingerprint density at radius 2 is 2.18 bits per heavy atom. The van der Waals surface area contributed by atoms with E-state index in [9.17, 15) is 19.8 Å². The second-order valence-electron chi connectivity index (χ2n) is 4.99. The first-order valence-corrected chi connectivity index (χ1v) is 8.49. The number of nitrogens with zero attached hydrogens (tertiary/aromatic N) is 2. The molecule has 10 heteroatoms. The molecule has 116 valence electrons. The van der Waals surface area contributed by atoms with Gasteiger partial charge in [0.15, 0.2) is 0 Å². The average Bonchev–Trinajstić information content (AvgIpc) is 2.69. The Morgan fingerprint density at radius 3 is 2.64 bits per heavy atom. The van der Waals surface area contributed by atoms with E-state index >= 15 is 0 Å². The van der Waals surface area contributed by atoms with Gasteiger partial charge in [-0.25, -0.2) is 0 Å². The maximum absolute atomic E-state index is 12.0. The number of β-lactam (4-membered cyclic amide) rings is 1. The number of hydrogen-bond donors (Lipinski definition) is 1. The first-order chi connectivity index (χ1) is 9.75. The second kappa shape index (κ2) is 7.87. The minimum absolute atomic E-state index is 0. The van der Waals surface area contributed by atoms with Crippen LogP contribution in [0.2, 0.25) is 0 Å². The molecule has 2 rings (SSSR count). The normalized spacial score (nSPS) is 24.4. The molecule has 0 aromatic heterocycles. The summed E-state index contributed by atoms with van der Waals surface area (Å²) in [5.41, 5.74) is -0.0824. The van der Waals surface area contributed by atoms with Crippen LogP contribution in [0.1, 0.15) is 6.92 Å². The van der Waals surface area contributed by atoms with Crippen LogP contribution in [0.3, 0.4) is 0 Å². The Kier molecular flexibility index (Phi) is 7.25. The van der Waals surface area contributed by atoms with E-state index in [1.165, 1.54) is 35.3 Å². The van der Waals surface area contributed by atoms with Gasteiger partial charge in [0.2, 0.25) is 5.91 Å². The minimum Gasteiger partial charge on any atom is -0.543 e. The van der Waals surface area contributed by atoms with Crippen molar-refractivity contribution in [2.24, 2.45) is 5.92 Å². The van der Waals surface area contributed by atoms with Gasteiger partial charge in [-0.3, -0.25) is 9.69 Å². The number of aliphatic hydroxyl groups excluding tert-OH is 1. The van der Waals surface area contributed by atoms with E-state index in [4.69, 9.17) is 12.2 Å². The van der Waals surface area contributed by atoms with Gasteiger partial charge in [-0.05, 0) is 6.92 Å². The van der Waals surface area contributed by atoms with Gasteiger partial charge in [-0.2, -0.15) is 0 Å². The molecule has 2 aliphatic rings. The van der Waals surface area contributed by atoms with Crippen LogP contribution >= 0.6 is 35.7 Å². The number of carboxylic acid groups (broad SMARTS) is 1. The Bertz CT molecular complexity index is 538. The molecule has 0 unspecified atom stereocenters. The molecule has 3 atom stereocenters. The molecule has 0 aliphatic carbocycles. The van der Waals surface area contributed by atoms with Crippen molar-refractivity contribution in [3.05, 3.63) is 10.6 Å². The molecule has 2 aliphatic heterocycles. The molecule has 6 nitrogen and oxygen atoms in total. The molecule has 22 heavy (non-hydrogen) atoms. The Balaban J connectivity index is 0.00000242. The number of carboxylic acids is 1. The van der Waals surface area contributed by atoms with Gasteiger partial charge >= 0.3 is 29.6 Å². The summed E-state index contributed by atoms with van der Waals surface area (Å²) in [4.78, 5) is 26.8. The van der Waals surface area contributed by atoms with E-state index in [2.05, 4.69) is 0 Å². The largest absolute Gasteiger partial charge is 1.00 e. The number of thiocarbonyl (C=S) groups is 1. The number of thioether (sulfide) groups is 2.